The van der Waals surface area contributed by atoms with Crippen LogP contribution in [0.5, 0.6) is 5.75 Å². The number of hydrogen-bond acceptors (Lipinski definition) is 4. The van der Waals surface area contributed by atoms with Gasteiger partial charge in [0.05, 0.1) is 17.2 Å². The second kappa shape index (κ2) is 7.76. The second-order valence-corrected chi connectivity index (χ2v) is 7.15. The molecule has 0 saturated carbocycles. The summed E-state index contributed by atoms with van der Waals surface area (Å²) in [7, 11) is 0. The van der Waals surface area contributed by atoms with Crippen LogP contribution >= 0.6 is 11.6 Å². The number of hydrogen-bond donors (Lipinski definition) is 0. The van der Waals surface area contributed by atoms with Crippen molar-refractivity contribution in [1.29, 1.82) is 5.26 Å². The molecule has 29 heavy (non-hydrogen) atoms. The van der Waals surface area contributed by atoms with E-state index in [2.05, 4.69) is 10.2 Å². The summed E-state index contributed by atoms with van der Waals surface area (Å²) in [5, 5.41) is 16.9. The van der Waals surface area contributed by atoms with Crippen LogP contribution in [0.3, 0.4) is 0 Å². The maximum Gasteiger partial charge on any atom is 0.192 e. The topological polar surface area (TPSA) is 63.7 Å². The van der Waals surface area contributed by atoms with Crippen LogP contribution in [0, 0.1) is 28.8 Å². The minimum absolute atomic E-state index is 0.0968. The summed E-state index contributed by atoms with van der Waals surface area (Å²) in [6.07, 6.45) is 0. The Morgan fingerprint density at radius 1 is 1.10 bits per heavy atom. The van der Waals surface area contributed by atoms with Crippen molar-refractivity contribution in [2.45, 2.75) is 32.9 Å². The summed E-state index contributed by atoms with van der Waals surface area (Å²) in [6, 6.07) is 7.75. The number of aromatic nitrogens is 3. The van der Waals surface area contributed by atoms with Gasteiger partial charge in [-0.25, -0.2) is 13.2 Å². The van der Waals surface area contributed by atoms with E-state index in [0.29, 0.717) is 6.54 Å². The normalized spacial score (nSPS) is 11.4. The van der Waals surface area contributed by atoms with E-state index in [9.17, 15) is 13.2 Å². The molecule has 5 nitrogen and oxygen atoms in total. The monoisotopic (exact) mass is 420 g/mol. The van der Waals surface area contributed by atoms with Crippen LogP contribution in [0.25, 0.3) is 11.4 Å². The quantitative estimate of drug-likeness (QED) is 0.567. The van der Waals surface area contributed by atoms with Crippen molar-refractivity contribution in [3.8, 4) is 23.2 Å². The third-order valence-corrected chi connectivity index (χ3v) is 4.48. The highest BCUT2D eigenvalue weighted by Gasteiger charge is 2.33. The molecule has 0 radical (unpaired) electrons. The van der Waals surface area contributed by atoms with E-state index in [1.807, 2.05) is 6.07 Å². The highest BCUT2D eigenvalue weighted by molar-refractivity contribution is 6.30. The van der Waals surface area contributed by atoms with Crippen LogP contribution in [0.2, 0.25) is 5.02 Å². The third-order valence-electron chi connectivity index (χ3n) is 4.26. The molecule has 0 aliphatic heterocycles. The molecule has 9 heteroatoms. The van der Waals surface area contributed by atoms with Crippen molar-refractivity contribution < 1.29 is 17.9 Å². The zero-order chi connectivity index (χ0) is 21.3. The molecule has 0 bridgehead atoms. The van der Waals surface area contributed by atoms with E-state index in [1.54, 1.807) is 25.3 Å². The zero-order valence-corrected chi connectivity index (χ0v) is 16.6. The van der Waals surface area contributed by atoms with Gasteiger partial charge in [-0.1, -0.05) is 11.6 Å². The minimum atomic E-state index is -1.31. The first kappa shape index (κ1) is 20.7. The Labute approximate surface area is 170 Å². The fraction of sp³-hybridized carbons (Fsp3) is 0.250. The standard InChI is InChI=1S/C20H16ClF3N4O/c1-4-28-18(13-6-5-11(10-25)7-14(13)22)26-27-19(28)20(2,3)29-17-15(23)8-12(21)9-16(17)24/h5-9H,4H2,1-3H3. The summed E-state index contributed by atoms with van der Waals surface area (Å²) in [6.45, 7) is 5.26. The molecular formula is C20H16ClF3N4O. The average Bonchev–Trinajstić information content (AvgIpc) is 3.09. The summed E-state index contributed by atoms with van der Waals surface area (Å²) in [4.78, 5) is 0. The molecule has 3 rings (SSSR count). The average molecular weight is 421 g/mol. The Bertz CT molecular complexity index is 1100. The van der Waals surface area contributed by atoms with Crippen LogP contribution in [-0.4, -0.2) is 14.8 Å². The van der Waals surface area contributed by atoms with Crippen LogP contribution in [-0.2, 0) is 12.1 Å². The van der Waals surface area contributed by atoms with Crippen molar-refractivity contribution in [2.24, 2.45) is 0 Å². The largest absolute Gasteiger partial charge is 0.474 e. The first-order valence-corrected chi connectivity index (χ1v) is 9.03. The molecule has 0 spiro atoms. The number of benzene rings is 2. The Morgan fingerprint density at radius 3 is 2.31 bits per heavy atom. The van der Waals surface area contributed by atoms with Gasteiger partial charge in [0.15, 0.2) is 34.6 Å². The lowest BCUT2D eigenvalue weighted by molar-refractivity contribution is 0.0827. The molecule has 0 aliphatic rings. The second-order valence-electron chi connectivity index (χ2n) is 6.71. The molecule has 1 heterocycles. The SMILES string of the molecule is CCn1c(-c2ccc(C#N)cc2F)nnc1C(C)(C)Oc1c(F)cc(Cl)cc1F. The van der Waals surface area contributed by atoms with Gasteiger partial charge in [-0.15, -0.1) is 10.2 Å². The lowest BCUT2D eigenvalue weighted by atomic mass is 10.1. The van der Waals surface area contributed by atoms with Gasteiger partial charge < -0.3 is 9.30 Å². The van der Waals surface area contributed by atoms with Gasteiger partial charge >= 0.3 is 0 Å². The van der Waals surface area contributed by atoms with Crippen molar-refractivity contribution in [3.63, 3.8) is 0 Å². The Balaban J connectivity index is 2.05. The summed E-state index contributed by atoms with van der Waals surface area (Å²) >= 11 is 5.65. The first-order chi connectivity index (χ1) is 13.7. The molecule has 150 valence electrons. The predicted octanol–water partition coefficient (Wildman–Crippen LogP) is 5.22. The molecule has 0 fully saturated rings. The highest BCUT2D eigenvalue weighted by atomic mass is 35.5. The smallest absolute Gasteiger partial charge is 0.192 e. The number of nitriles is 1. The lowest BCUT2D eigenvalue weighted by Crippen LogP contribution is -2.30. The van der Waals surface area contributed by atoms with Gasteiger partial charge in [-0.05, 0) is 51.1 Å². The van der Waals surface area contributed by atoms with Crippen molar-refractivity contribution in [3.05, 3.63) is 64.2 Å². The van der Waals surface area contributed by atoms with Crippen molar-refractivity contribution in [2.75, 3.05) is 0 Å². The van der Waals surface area contributed by atoms with Gasteiger partial charge in [0.1, 0.15) is 5.82 Å². The Morgan fingerprint density at radius 2 is 1.76 bits per heavy atom. The van der Waals surface area contributed by atoms with E-state index in [-0.39, 0.29) is 27.8 Å². The van der Waals surface area contributed by atoms with Gasteiger partial charge in [-0.3, -0.25) is 0 Å². The number of nitrogens with zero attached hydrogens (tertiary/aromatic N) is 4. The van der Waals surface area contributed by atoms with Gasteiger partial charge in [0.25, 0.3) is 0 Å². The third kappa shape index (κ3) is 3.91. The molecule has 0 amide bonds. The molecule has 0 unspecified atom stereocenters. The lowest BCUT2D eigenvalue weighted by Gasteiger charge is -2.26. The fourth-order valence-electron chi connectivity index (χ4n) is 2.94. The summed E-state index contributed by atoms with van der Waals surface area (Å²) in [5.74, 6) is -2.69. The van der Waals surface area contributed by atoms with E-state index in [0.717, 1.165) is 18.2 Å². The molecule has 0 saturated heterocycles. The molecule has 0 aliphatic carbocycles. The molecule has 0 N–H and O–H groups in total. The van der Waals surface area contributed by atoms with E-state index in [4.69, 9.17) is 21.6 Å². The molecule has 1 aromatic heterocycles. The number of rotatable bonds is 5. The van der Waals surface area contributed by atoms with Crippen LogP contribution < -0.4 is 4.74 Å². The summed E-state index contributed by atoms with van der Waals surface area (Å²) < 4.78 is 50.0. The zero-order valence-electron chi connectivity index (χ0n) is 15.8. The van der Waals surface area contributed by atoms with Crippen molar-refractivity contribution in [1.82, 2.24) is 14.8 Å². The number of ether oxygens (including phenoxy) is 1. The molecular weight excluding hydrogens is 405 g/mol. The maximum atomic E-state index is 14.5. The molecule has 0 atom stereocenters. The van der Waals surface area contributed by atoms with Crippen molar-refractivity contribution >= 4 is 11.6 Å². The van der Waals surface area contributed by atoms with Crippen LogP contribution in [0.15, 0.2) is 30.3 Å². The maximum absolute atomic E-state index is 14.5. The fourth-order valence-corrected chi connectivity index (χ4v) is 3.13. The number of halogens is 4. The predicted molar refractivity (Wildman–Crippen MR) is 101 cm³/mol. The van der Waals surface area contributed by atoms with Gasteiger partial charge in [-0.2, -0.15) is 5.26 Å². The molecule has 3 aromatic rings. The Kier molecular flexibility index (Phi) is 5.53. The Hall–Kier alpha value is -3.05. The summed E-state index contributed by atoms with van der Waals surface area (Å²) in [5.41, 5.74) is -0.990. The van der Waals surface area contributed by atoms with E-state index in [1.165, 1.54) is 12.1 Å². The van der Waals surface area contributed by atoms with E-state index < -0.39 is 28.8 Å². The first-order valence-electron chi connectivity index (χ1n) is 8.65. The van der Waals surface area contributed by atoms with E-state index >= 15 is 0 Å². The molecule has 2 aromatic carbocycles. The van der Waals surface area contributed by atoms with Gasteiger partial charge in [0.2, 0.25) is 0 Å². The van der Waals surface area contributed by atoms with Gasteiger partial charge in [0, 0.05) is 11.6 Å². The van der Waals surface area contributed by atoms with Crippen LogP contribution in [0.4, 0.5) is 13.2 Å². The van der Waals surface area contributed by atoms with Crippen LogP contribution in [0.1, 0.15) is 32.2 Å². The minimum Gasteiger partial charge on any atom is -0.474 e. The highest BCUT2D eigenvalue weighted by Crippen LogP contribution is 2.34.